The molecule has 2 aromatic rings. The summed E-state index contributed by atoms with van der Waals surface area (Å²) < 4.78 is 24.8. The Labute approximate surface area is 178 Å². The van der Waals surface area contributed by atoms with Crippen LogP contribution in [0.3, 0.4) is 0 Å². The van der Waals surface area contributed by atoms with Crippen LogP contribution >= 0.6 is 0 Å². The summed E-state index contributed by atoms with van der Waals surface area (Å²) in [6.07, 6.45) is 0.784. The predicted molar refractivity (Wildman–Crippen MR) is 124 cm³/mol. The van der Waals surface area contributed by atoms with Crippen molar-refractivity contribution in [2.24, 2.45) is 10.7 Å². The number of amidine groups is 1. The fourth-order valence-electron chi connectivity index (χ4n) is 4.23. The Hall–Kier alpha value is -2.84. The van der Waals surface area contributed by atoms with Crippen molar-refractivity contribution in [1.29, 1.82) is 0 Å². The Morgan fingerprint density at radius 2 is 1.80 bits per heavy atom. The van der Waals surface area contributed by atoms with Crippen LogP contribution in [0, 0.1) is 11.8 Å². The summed E-state index contributed by atoms with van der Waals surface area (Å²) in [6.45, 7) is 11.1. The van der Waals surface area contributed by atoms with Gasteiger partial charge in [-0.1, -0.05) is 30.7 Å². The lowest BCUT2D eigenvalue weighted by Gasteiger charge is -2.38. The van der Waals surface area contributed by atoms with Crippen LogP contribution in [-0.4, -0.2) is 24.8 Å². The van der Waals surface area contributed by atoms with Gasteiger partial charge in [-0.3, -0.25) is 4.99 Å². The maximum Gasteiger partial charge on any atom is 0.165 e. The Morgan fingerprint density at radius 1 is 1.07 bits per heavy atom. The molecule has 4 nitrogen and oxygen atoms in total. The highest BCUT2D eigenvalue weighted by atomic mass is 32.2. The van der Waals surface area contributed by atoms with Crippen LogP contribution in [0.2, 0.25) is 0 Å². The van der Waals surface area contributed by atoms with Gasteiger partial charge in [0.25, 0.3) is 0 Å². The average Bonchev–Trinajstić information content (AvgIpc) is 2.67. The molecule has 0 saturated carbocycles. The van der Waals surface area contributed by atoms with Gasteiger partial charge in [0.15, 0.2) is 9.84 Å². The molecule has 1 aliphatic carbocycles. The Morgan fingerprint density at radius 3 is 2.47 bits per heavy atom. The lowest BCUT2D eigenvalue weighted by atomic mass is 9.79. The zero-order valence-corrected chi connectivity index (χ0v) is 18.7. The number of nitrogens with two attached hydrogens (primary N) is 1. The van der Waals surface area contributed by atoms with Gasteiger partial charge >= 0.3 is 0 Å². The first-order chi connectivity index (χ1) is 14.0. The van der Waals surface area contributed by atoms with Crippen molar-refractivity contribution in [3.8, 4) is 23.0 Å². The minimum atomic E-state index is -3.46. The number of benzene rings is 2. The number of nitrogens with zero attached hydrogens (tertiary/aromatic N) is 1. The fraction of sp³-hybridized carbons (Fsp3) is 0.320. The minimum absolute atomic E-state index is 0.0817. The Balaban J connectivity index is 1.92. The molecule has 1 heterocycles. The summed E-state index contributed by atoms with van der Waals surface area (Å²) in [5, 5.41) is 0. The highest BCUT2D eigenvalue weighted by Gasteiger charge is 2.48. The monoisotopic (exact) mass is 418 g/mol. The second-order valence-electron chi connectivity index (χ2n) is 8.83. The van der Waals surface area contributed by atoms with Gasteiger partial charge in [-0.2, -0.15) is 0 Å². The zero-order chi connectivity index (χ0) is 21.9. The number of hydrogen-bond acceptors (Lipinski definition) is 4. The maximum absolute atomic E-state index is 13.0. The van der Waals surface area contributed by atoms with Crippen molar-refractivity contribution in [2.45, 2.75) is 44.4 Å². The first-order valence-electron chi connectivity index (χ1n) is 9.95. The van der Waals surface area contributed by atoms with E-state index in [4.69, 9.17) is 5.73 Å². The first-order valence-corrected chi connectivity index (χ1v) is 11.6. The summed E-state index contributed by atoms with van der Waals surface area (Å²) in [6, 6.07) is 12.3. The molecule has 1 aliphatic heterocycles. The molecule has 0 saturated heterocycles. The van der Waals surface area contributed by atoms with Crippen molar-refractivity contribution in [2.75, 3.05) is 5.75 Å². The van der Waals surface area contributed by atoms with Gasteiger partial charge in [0.1, 0.15) is 10.6 Å². The normalized spacial score (nSPS) is 23.5. The number of sulfone groups is 1. The highest BCUT2D eigenvalue weighted by molar-refractivity contribution is 7.93. The molecule has 2 aromatic carbocycles. The average molecular weight is 419 g/mol. The molecule has 0 spiro atoms. The number of allylic oxidation sites excluding steroid dienone is 1. The minimum Gasteiger partial charge on any atom is -0.386 e. The van der Waals surface area contributed by atoms with Crippen LogP contribution in [0.25, 0.3) is 16.7 Å². The summed E-state index contributed by atoms with van der Waals surface area (Å²) >= 11 is 0. The van der Waals surface area contributed by atoms with E-state index in [2.05, 4.69) is 35.5 Å². The van der Waals surface area contributed by atoms with E-state index in [0.717, 1.165) is 39.8 Å². The number of rotatable bonds is 1. The number of hydrogen-bond donors (Lipinski definition) is 1. The van der Waals surface area contributed by atoms with E-state index in [-0.39, 0.29) is 11.6 Å². The summed E-state index contributed by atoms with van der Waals surface area (Å²) in [4.78, 5) is 4.67. The molecule has 154 valence electrons. The molecule has 0 radical (unpaired) electrons. The van der Waals surface area contributed by atoms with Gasteiger partial charge in [-0.15, -0.1) is 5.92 Å². The molecular weight excluding hydrogens is 392 g/mol. The number of aliphatic imine (C=N–C) groups is 1. The van der Waals surface area contributed by atoms with E-state index < -0.39 is 20.1 Å². The fourth-order valence-corrected chi connectivity index (χ4v) is 5.93. The van der Waals surface area contributed by atoms with Crippen LogP contribution in [0.5, 0.6) is 0 Å². The van der Waals surface area contributed by atoms with Crippen LogP contribution < -0.4 is 5.73 Å². The van der Waals surface area contributed by atoms with Crippen molar-refractivity contribution >= 4 is 21.2 Å². The molecule has 2 N–H and O–H groups in total. The third kappa shape index (κ3) is 2.98. The van der Waals surface area contributed by atoms with E-state index in [1.807, 2.05) is 38.1 Å². The second-order valence-corrected chi connectivity index (χ2v) is 11.4. The lowest BCUT2D eigenvalue weighted by Crippen LogP contribution is -2.54. The summed E-state index contributed by atoms with van der Waals surface area (Å²) in [7, 11) is -3.46. The van der Waals surface area contributed by atoms with Crippen molar-refractivity contribution in [1.82, 2.24) is 0 Å². The zero-order valence-electron chi connectivity index (χ0n) is 17.8. The molecule has 0 fully saturated rings. The maximum atomic E-state index is 13.0. The molecular formula is C25H26N2O2S. The predicted octanol–water partition coefficient (Wildman–Crippen LogP) is 4.07. The van der Waals surface area contributed by atoms with Gasteiger partial charge in [0.05, 0.1) is 11.3 Å². The van der Waals surface area contributed by atoms with E-state index in [9.17, 15) is 8.42 Å². The van der Waals surface area contributed by atoms with Gasteiger partial charge in [0, 0.05) is 5.56 Å². The van der Waals surface area contributed by atoms with Crippen molar-refractivity contribution in [3.05, 3.63) is 65.2 Å². The Kier molecular flexibility index (Phi) is 4.48. The van der Waals surface area contributed by atoms with E-state index in [1.165, 1.54) is 5.56 Å². The molecule has 0 unspecified atom stereocenters. The van der Waals surface area contributed by atoms with Gasteiger partial charge < -0.3 is 5.73 Å². The third-order valence-electron chi connectivity index (χ3n) is 6.33. The van der Waals surface area contributed by atoms with Crippen LogP contribution in [0.4, 0.5) is 0 Å². The molecule has 2 aliphatic rings. The molecule has 30 heavy (non-hydrogen) atoms. The standard InChI is InChI=1S/C25H26N2O2S/c1-6-7-17-8-9-18-12-16(2)20-11-10-19(14-22(20)21(18)13-17)25(5)15-30(28,29)24(3,4)23(26)27-25/h8-11,13-14H,2,12,15H2,1,3-5H3,(H2,26,27)/t25-/m0/s1. The van der Waals surface area contributed by atoms with Gasteiger partial charge in [-0.05, 0) is 85.7 Å². The SMILES string of the molecule is C=C1Cc2ccc(C#CC)cc2-c2cc([C@]3(C)CS(=O)(=O)C(C)(C)C(N)=N3)ccc21. The largest absolute Gasteiger partial charge is 0.386 e. The Bertz CT molecular complexity index is 1290. The van der Waals surface area contributed by atoms with Crippen molar-refractivity contribution in [3.63, 3.8) is 0 Å². The molecule has 4 rings (SSSR count). The van der Waals surface area contributed by atoms with Crippen molar-refractivity contribution < 1.29 is 8.42 Å². The smallest absolute Gasteiger partial charge is 0.165 e. The first kappa shape index (κ1) is 20.4. The lowest BCUT2D eigenvalue weighted by molar-refractivity contribution is 0.501. The van der Waals surface area contributed by atoms with Crippen LogP contribution in [0.15, 0.2) is 48.0 Å². The van der Waals surface area contributed by atoms with E-state index in [0.29, 0.717) is 0 Å². The quantitative estimate of drug-likeness (QED) is 0.710. The van der Waals surface area contributed by atoms with Crippen LogP contribution in [-0.2, 0) is 21.8 Å². The topological polar surface area (TPSA) is 72.5 Å². The van der Waals surface area contributed by atoms with E-state index >= 15 is 0 Å². The summed E-state index contributed by atoms with van der Waals surface area (Å²) in [5.41, 5.74) is 12.4. The molecule has 0 bridgehead atoms. The third-order valence-corrected chi connectivity index (χ3v) is 9.03. The highest BCUT2D eigenvalue weighted by Crippen LogP contribution is 2.43. The van der Waals surface area contributed by atoms with Gasteiger partial charge in [0.2, 0.25) is 0 Å². The molecule has 0 amide bonds. The summed E-state index contributed by atoms with van der Waals surface area (Å²) in [5.74, 6) is 6.14. The van der Waals surface area contributed by atoms with Crippen LogP contribution in [0.1, 0.15) is 49.9 Å². The number of fused-ring (bicyclic) bond motifs is 3. The van der Waals surface area contributed by atoms with E-state index in [1.54, 1.807) is 13.8 Å². The molecule has 5 heteroatoms. The molecule has 0 aromatic heterocycles. The molecule has 1 atom stereocenters. The second kappa shape index (κ2) is 6.58. The van der Waals surface area contributed by atoms with Gasteiger partial charge in [-0.25, -0.2) is 8.42 Å².